The lowest BCUT2D eigenvalue weighted by molar-refractivity contribution is -0.136. The molecule has 1 aromatic heterocycles. The van der Waals surface area contributed by atoms with Gasteiger partial charge in [-0.15, -0.1) is 0 Å². The number of hydrogen-bond donors (Lipinski definition) is 2. The summed E-state index contributed by atoms with van der Waals surface area (Å²) in [6.07, 6.45) is 1.55. The molecule has 0 saturated carbocycles. The molecule has 0 aliphatic carbocycles. The maximum absolute atomic E-state index is 12.3. The third-order valence-corrected chi connectivity index (χ3v) is 5.38. The van der Waals surface area contributed by atoms with Crippen LogP contribution in [0.5, 0.6) is 0 Å². The second-order valence-corrected chi connectivity index (χ2v) is 7.68. The van der Waals surface area contributed by atoms with Gasteiger partial charge in [-0.2, -0.15) is 5.10 Å². The molecule has 2 amide bonds. The number of carbonyl (C=O) groups is 2. The summed E-state index contributed by atoms with van der Waals surface area (Å²) in [5.74, 6) is -1.61. The number of benzene rings is 3. The standard InChI is InChI=1S/C26H24N4O2/c1-17-11-13-22(14-12-17)30-18(2)15-21(19(30)3)16-27-29-26(32)25(31)28-24-10-6-8-20-7-4-5-9-23(20)24/h4-16H,1-3H3,(H,28,31)(H,29,32)/b27-16-. The van der Waals surface area contributed by atoms with Crippen molar-refractivity contribution in [2.75, 3.05) is 5.32 Å². The quantitative estimate of drug-likeness (QED) is 0.284. The Balaban J connectivity index is 1.45. The molecule has 1 heterocycles. The normalized spacial score (nSPS) is 11.1. The molecule has 0 bridgehead atoms. The zero-order valence-corrected chi connectivity index (χ0v) is 18.2. The fourth-order valence-electron chi connectivity index (χ4n) is 3.73. The van der Waals surface area contributed by atoms with Crippen molar-refractivity contribution in [3.8, 4) is 5.69 Å². The van der Waals surface area contributed by atoms with Gasteiger partial charge in [0.2, 0.25) is 0 Å². The van der Waals surface area contributed by atoms with Gasteiger partial charge >= 0.3 is 11.8 Å². The highest BCUT2D eigenvalue weighted by molar-refractivity contribution is 6.40. The van der Waals surface area contributed by atoms with Crippen molar-refractivity contribution in [3.63, 3.8) is 0 Å². The molecule has 0 aliphatic rings. The van der Waals surface area contributed by atoms with E-state index < -0.39 is 11.8 Å². The number of aromatic nitrogens is 1. The summed E-state index contributed by atoms with van der Waals surface area (Å²) in [5, 5.41) is 8.49. The molecular weight excluding hydrogens is 400 g/mol. The Bertz CT molecular complexity index is 1330. The third-order valence-electron chi connectivity index (χ3n) is 5.38. The molecule has 2 N–H and O–H groups in total. The van der Waals surface area contributed by atoms with E-state index in [0.717, 1.165) is 33.4 Å². The van der Waals surface area contributed by atoms with E-state index in [2.05, 4.69) is 51.6 Å². The number of anilines is 1. The first kappa shape index (κ1) is 21.1. The minimum atomic E-state index is -0.832. The first-order valence-corrected chi connectivity index (χ1v) is 10.3. The van der Waals surface area contributed by atoms with Crippen molar-refractivity contribution >= 4 is 34.5 Å². The highest BCUT2D eigenvalue weighted by Gasteiger charge is 2.14. The molecule has 32 heavy (non-hydrogen) atoms. The number of aryl methyl sites for hydroxylation is 2. The molecule has 4 aromatic rings. The van der Waals surface area contributed by atoms with Crippen molar-refractivity contribution in [2.45, 2.75) is 20.8 Å². The van der Waals surface area contributed by atoms with Crippen LogP contribution in [-0.2, 0) is 9.59 Å². The lowest BCUT2D eigenvalue weighted by atomic mass is 10.1. The fraction of sp³-hybridized carbons (Fsp3) is 0.115. The maximum Gasteiger partial charge on any atom is 0.329 e. The number of nitrogens with zero attached hydrogens (tertiary/aromatic N) is 2. The average molecular weight is 425 g/mol. The number of hydrazone groups is 1. The smallest absolute Gasteiger partial charge is 0.318 e. The van der Waals surface area contributed by atoms with E-state index in [1.54, 1.807) is 12.3 Å². The van der Waals surface area contributed by atoms with Gasteiger partial charge in [-0.05, 0) is 50.4 Å². The van der Waals surface area contributed by atoms with Crippen LogP contribution in [0.15, 0.2) is 77.9 Å². The van der Waals surface area contributed by atoms with E-state index >= 15 is 0 Å². The minimum absolute atomic E-state index is 0.578. The summed E-state index contributed by atoms with van der Waals surface area (Å²) in [6.45, 7) is 6.06. The van der Waals surface area contributed by atoms with Crippen LogP contribution >= 0.6 is 0 Å². The molecule has 0 atom stereocenters. The van der Waals surface area contributed by atoms with Gasteiger partial charge in [-0.25, -0.2) is 5.43 Å². The number of fused-ring (bicyclic) bond motifs is 1. The molecule has 4 rings (SSSR count). The predicted octanol–water partition coefficient (Wildman–Crippen LogP) is 4.64. The fourth-order valence-corrected chi connectivity index (χ4v) is 3.73. The summed E-state index contributed by atoms with van der Waals surface area (Å²) in [5.41, 5.74) is 8.04. The first-order valence-electron chi connectivity index (χ1n) is 10.3. The molecule has 0 aliphatic heterocycles. The zero-order chi connectivity index (χ0) is 22.7. The Hall–Kier alpha value is -4.19. The van der Waals surface area contributed by atoms with Crippen molar-refractivity contribution in [3.05, 3.63) is 95.3 Å². The molecule has 0 spiro atoms. The molecule has 6 nitrogen and oxygen atoms in total. The highest BCUT2D eigenvalue weighted by atomic mass is 16.2. The van der Waals surface area contributed by atoms with Gasteiger partial charge in [0.1, 0.15) is 0 Å². The molecular formula is C26H24N4O2. The number of hydrogen-bond acceptors (Lipinski definition) is 3. The van der Waals surface area contributed by atoms with Crippen LogP contribution in [0.1, 0.15) is 22.5 Å². The van der Waals surface area contributed by atoms with Gasteiger partial charge in [0.05, 0.1) is 6.21 Å². The zero-order valence-electron chi connectivity index (χ0n) is 18.2. The number of amides is 2. The van der Waals surface area contributed by atoms with Gasteiger partial charge in [-0.1, -0.05) is 54.1 Å². The number of carbonyl (C=O) groups excluding carboxylic acids is 2. The number of rotatable bonds is 4. The maximum atomic E-state index is 12.3. The topological polar surface area (TPSA) is 75.5 Å². The van der Waals surface area contributed by atoms with Gasteiger partial charge in [0.15, 0.2) is 0 Å². The van der Waals surface area contributed by atoms with Crippen LogP contribution in [0.2, 0.25) is 0 Å². The lowest BCUT2D eigenvalue weighted by Gasteiger charge is -2.09. The van der Waals surface area contributed by atoms with Crippen molar-refractivity contribution in [2.24, 2.45) is 5.10 Å². The Morgan fingerprint density at radius 2 is 1.59 bits per heavy atom. The summed E-state index contributed by atoms with van der Waals surface area (Å²) < 4.78 is 2.12. The SMILES string of the molecule is Cc1ccc(-n2c(C)cc(/C=N\NC(=O)C(=O)Nc3cccc4ccccc34)c2C)cc1. The van der Waals surface area contributed by atoms with E-state index in [1.165, 1.54) is 5.56 Å². The van der Waals surface area contributed by atoms with Crippen molar-refractivity contribution in [1.82, 2.24) is 9.99 Å². The predicted molar refractivity (Wildman–Crippen MR) is 128 cm³/mol. The van der Waals surface area contributed by atoms with Crippen LogP contribution in [-0.4, -0.2) is 22.6 Å². The molecule has 3 aromatic carbocycles. The summed E-state index contributed by atoms with van der Waals surface area (Å²) in [7, 11) is 0. The Labute approximate surface area is 186 Å². The van der Waals surface area contributed by atoms with E-state index in [4.69, 9.17) is 0 Å². The molecule has 0 fully saturated rings. The van der Waals surface area contributed by atoms with Crippen LogP contribution in [0.4, 0.5) is 5.69 Å². The number of nitrogens with one attached hydrogen (secondary N) is 2. The van der Waals surface area contributed by atoms with Gasteiger partial charge in [-0.3, -0.25) is 9.59 Å². The Morgan fingerprint density at radius 1 is 0.875 bits per heavy atom. The second kappa shape index (κ2) is 8.89. The van der Waals surface area contributed by atoms with Gasteiger partial charge in [0, 0.05) is 33.7 Å². The van der Waals surface area contributed by atoms with E-state index in [9.17, 15) is 9.59 Å². The van der Waals surface area contributed by atoms with Crippen LogP contribution in [0.25, 0.3) is 16.5 Å². The summed E-state index contributed by atoms with van der Waals surface area (Å²) in [6, 6.07) is 23.4. The molecule has 0 unspecified atom stereocenters. The van der Waals surface area contributed by atoms with Gasteiger partial charge < -0.3 is 9.88 Å². The largest absolute Gasteiger partial charge is 0.329 e. The monoisotopic (exact) mass is 424 g/mol. The molecule has 160 valence electrons. The van der Waals surface area contributed by atoms with Crippen molar-refractivity contribution < 1.29 is 9.59 Å². The van der Waals surface area contributed by atoms with Crippen molar-refractivity contribution in [1.29, 1.82) is 0 Å². The van der Waals surface area contributed by atoms with E-state index in [0.29, 0.717) is 5.69 Å². The Kier molecular flexibility index (Phi) is 5.85. The molecule has 0 saturated heterocycles. The third kappa shape index (κ3) is 4.30. The van der Waals surface area contributed by atoms with E-state index in [-0.39, 0.29) is 0 Å². The van der Waals surface area contributed by atoms with Crippen LogP contribution in [0.3, 0.4) is 0 Å². The Morgan fingerprint density at radius 3 is 2.38 bits per heavy atom. The average Bonchev–Trinajstić information content (AvgIpc) is 3.07. The highest BCUT2D eigenvalue weighted by Crippen LogP contribution is 2.23. The van der Waals surface area contributed by atoms with Gasteiger partial charge in [0.25, 0.3) is 0 Å². The van der Waals surface area contributed by atoms with E-state index in [1.807, 2.05) is 56.3 Å². The van der Waals surface area contributed by atoms with Crippen LogP contribution in [0, 0.1) is 20.8 Å². The second-order valence-electron chi connectivity index (χ2n) is 7.68. The van der Waals surface area contributed by atoms with Crippen LogP contribution < -0.4 is 10.7 Å². The first-order chi connectivity index (χ1) is 15.4. The summed E-state index contributed by atoms with van der Waals surface area (Å²) in [4.78, 5) is 24.6. The minimum Gasteiger partial charge on any atom is -0.318 e. The summed E-state index contributed by atoms with van der Waals surface area (Å²) >= 11 is 0. The molecule has 0 radical (unpaired) electrons. The molecule has 6 heteroatoms. The lowest BCUT2D eigenvalue weighted by Crippen LogP contribution is -2.32.